The molecule has 1 heterocycles. The van der Waals surface area contributed by atoms with E-state index in [1.54, 1.807) is 0 Å². The summed E-state index contributed by atoms with van der Waals surface area (Å²) in [5, 5.41) is 3.53. The third-order valence-electron chi connectivity index (χ3n) is 4.24. The second-order valence-electron chi connectivity index (χ2n) is 6.25. The molecule has 1 N–H and O–H groups in total. The Balaban J connectivity index is 1.54. The fourth-order valence-electron chi connectivity index (χ4n) is 2.56. The van der Waals surface area contributed by atoms with E-state index in [1.165, 1.54) is 37.8 Å². The number of hydrogen-bond donors (Lipinski definition) is 1. The number of aryl methyl sites for hydroxylation is 1. The summed E-state index contributed by atoms with van der Waals surface area (Å²) >= 11 is 0. The van der Waals surface area contributed by atoms with E-state index in [0.29, 0.717) is 0 Å². The number of nitrogens with zero attached hydrogens (tertiary/aromatic N) is 1. The van der Waals surface area contributed by atoms with Crippen LogP contribution in [0.3, 0.4) is 0 Å². The summed E-state index contributed by atoms with van der Waals surface area (Å²) in [6.45, 7) is 8.63. The van der Waals surface area contributed by atoms with Crippen molar-refractivity contribution in [3.05, 3.63) is 23.2 Å². The first-order chi connectivity index (χ1) is 9.24. The van der Waals surface area contributed by atoms with Crippen LogP contribution in [0.5, 0.6) is 0 Å². The minimum Gasteiger partial charge on any atom is -0.463 e. The van der Waals surface area contributed by atoms with Gasteiger partial charge in [-0.1, -0.05) is 6.92 Å². The van der Waals surface area contributed by atoms with E-state index < -0.39 is 0 Å². The zero-order valence-corrected chi connectivity index (χ0v) is 12.2. The van der Waals surface area contributed by atoms with Gasteiger partial charge in [-0.25, -0.2) is 0 Å². The van der Waals surface area contributed by atoms with Gasteiger partial charge in [0.2, 0.25) is 0 Å². The lowest BCUT2D eigenvalue weighted by Crippen LogP contribution is -2.24. The molecule has 0 bridgehead atoms. The molecule has 2 saturated carbocycles. The lowest BCUT2D eigenvalue weighted by molar-refractivity contribution is 0.243. The summed E-state index contributed by atoms with van der Waals surface area (Å²) in [6, 6.07) is 2.97. The molecular weight excluding hydrogens is 236 g/mol. The van der Waals surface area contributed by atoms with Crippen LogP contribution in [0.2, 0.25) is 0 Å². The van der Waals surface area contributed by atoms with E-state index in [1.807, 2.05) is 0 Å². The summed E-state index contributed by atoms with van der Waals surface area (Å²) in [7, 11) is 0. The molecule has 3 heteroatoms. The molecule has 0 saturated heterocycles. The summed E-state index contributed by atoms with van der Waals surface area (Å²) in [4.78, 5) is 2.51. The Labute approximate surface area is 116 Å². The van der Waals surface area contributed by atoms with Crippen LogP contribution in [0.1, 0.15) is 49.7 Å². The van der Waals surface area contributed by atoms with Gasteiger partial charge in [0, 0.05) is 12.6 Å². The summed E-state index contributed by atoms with van der Waals surface area (Å²) < 4.78 is 6.02. The predicted molar refractivity (Wildman–Crippen MR) is 77.0 cm³/mol. The van der Waals surface area contributed by atoms with Crippen molar-refractivity contribution in [2.45, 2.75) is 58.7 Å². The van der Waals surface area contributed by atoms with Gasteiger partial charge in [-0.3, -0.25) is 4.90 Å². The van der Waals surface area contributed by atoms with Gasteiger partial charge in [0.15, 0.2) is 0 Å². The van der Waals surface area contributed by atoms with Crippen molar-refractivity contribution in [1.82, 2.24) is 10.2 Å². The average molecular weight is 262 g/mol. The Kier molecular flexibility index (Phi) is 3.94. The molecule has 3 nitrogen and oxygen atoms in total. The monoisotopic (exact) mass is 262 g/mol. The number of hydrogen-bond acceptors (Lipinski definition) is 3. The van der Waals surface area contributed by atoms with Crippen molar-refractivity contribution in [2.75, 3.05) is 13.1 Å². The highest BCUT2D eigenvalue weighted by Gasteiger charge is 2.24. The molecule has 0 atom stereocenters. The average Bonchev–Trinajstić information content (AvgIpc) is 3.28. The SMILES string of the molecule is CCN(Cc1cc(C)c(CNC2CC2)o1)CC1CC1. The minimum absolute atomic E-state index is 0.745. The van der Waals surface area contributed by atoms with Crippen LogP contribution < -0.4 is 5.32 Å². The van der Waals surface area contributed by atoms with E-state index in [0.717, 1.165) is 43.1 Å². The van der Waals surface area contributed by atoms with Crippen LogP contribution in [0.4, 0.5) is 0 Å². The summed E-state index contributed by atoms with van der Waals surface area (Å²) in [5.41, 5.74) is 1.30. The number of furan rings is 1. The fraction of sp³-hybridized carbons (Fsp3) is 0.750. The molecule has 2 fully saturated rings. The molecule has 2 aliphatic carbocycles. The Hall–Kier alpha value is -0.800. The van der Waals surface area contributed by atoms with Crippen molar-refractivity contribution in [1.29, 1.82) is 0 Å². The molecule has 0 amide bonds. The van der Waals surface area contributed by atoms with Crippen LogP contribution in [0.25, 0.3) is 0 Å². The van der Waals surface area contributed by atoms with Crippen LogP contribution in [-0.4, -0.2) is 24.0 Å². The van der Waals surface area contributed by atoms with Gasteiger partial charge in [-0.2, -0.15) is 0 Å². The van der Waals surface area contributed by atoms with E-state index in [9.17, 15) is 0 Å². The van der Waals surface area contributed by atoms with Crippen molar-refractivity contribution in [3.63, 3.8) is 0 Å². The normalized spacial score (nSPS) is 19.3. The van der Waals surface area contributed by atoms with Gasteiger partial charge >= 0.3 is 0 Å². The lowest BCUT2D eigenvalue weighted by atomic mass is 10.2. The first-order valence-corrected chi connectivity index (χ1v) is 7.78. The topological polar surface area (TPSA) is 28.4 Å². The van der Waals surface area contributed by atoms with E-state index >= 15 is 0 Å². The van der Waals surface area contributed by atoms with Crippen molar-refractivity contribution in [2.24, 2.45) is 5.92 Å². The summed E-state index contributed by atoms with van der Waals surface area (Å²) in [6.07, 6.45) is 5.50. The highest BCUT2D eigenvalue weighted by Crippen LogP contribution is 2.30. The smallest absolute Gasteiger partial charge is 0.120 e. The van der Waals surface area contributed by atoms with Gasteiger partial charge < -0.3 is 9.73 Å². The third kappa shape index (κ3) is 3.83. The summed E-state index contributed by atoms with van der Waals surface area (Å²) in [5.74, 6) is 3.21. The Morgan fingerprint density at radius 2 is 2.11 bits per heavy atom. The van der Waals surface area contributed by atoms with Gasteiger partial charge in [-0.15, -0.1) is 0 Å². The quantitative estimate of drug-likeness (QED) is 0.780. The molecule has 1 aromatic rings. The molecule has 0 radical (unpaired) electrons. The maximum atomic E-state index is 6.02. The molecule has 2 aliphatic rings. The first-order valence-electron chi connectivity index (χ1n) is 7.78. The van der Waals surface area contributed by atoms with Crippen molar-refractivity contribution >= 4 is 0 Å². The molecule has 0 unspecified atom stereocenters. The van der Waals surface area contributed by atoms with Crippen molar-refractivity contribution < 1.29 is 4.42 Å². The Bertz CT molecular complexity index is 418. The Morgan fingerprint density at radius 3 is 2.74 bits per heavy atom. The van der Waals surface area contributed by atoms with Crippen LogP contribution in [0, 0.1) is 12.8 Å². The maximum absolute atomic E-state index is 6.02. The van der Waals surface area contributed by atoms with Crippen LogP contribution in [-0.2, 0) is 13.1 Å². The second-order valence-corrected chi connectivity index (χ2v) is 6.25. The van der Waals surface area contributed by atoms with Gasteiger partial charge in [0.05, 0.1) is 13.1 Å². The lowest BCUT2D eigenvalue weighted by Gasteiger charge is -2.18. The largest absolute Gasteiger partial charge is 0.463 e. The zero-order chi connectivity index (χ0) is 13.2. The first kappa shape index (κ1) is 13.2. The molecule has 1 aromatic heterocycles. The van der Waals surface area contributed by atoms with Crippen molar-refractivity contribution in [3.8, 4) is 0 Å². The number of nitrogens with one attached hydrogen (secondary N) is 1. The molecule has 3 rings (SSSR count). The Morgan fingerprint density at radius 1 is 1.32 bits per heavy atom. The molecule has 0 aromatic carbocycles. The van der Waals surface area contributed by atoms with E-state index in [4.69, 9.17) is 4.42 Å². The van der Waals surface area contributed by atoms with Crippen LogP contribution >= 0.6 is 0 Å². The predicted octanol–water partition coefficient (Wildman–Crippen LogP) is 3.07. The number of rotatable bonds is 8. The maximum Gasteiger partial charge on any atom is 0.120 e. The third-order valence-corrected chi connectivity index (χ3v) is 4.24. The molecule has 19 heavy (non-hydrogen) atoms. The highest BCUT2D eigenvalue weighted by molar-refractivity contribution is 5.20. The second kappa shape index (κ2) is 5.68. The highest BCUT2D eigenvalue weighted by atomic mass is 16.3. The standard InChI is InChI=1S/C16H26N2O/c1-3-18(10-13-4-5-13)11-15-8-12(2)16(19-15)9-17-14-6-7-14/h8,13-14,17H,3-7,9-11H2,1-2H3. The van der Waals surface area contributed by atoms with E-state index in [-0.39, 0.29) is 0 Å². The van der Waals surface area contributed by atoms with E-state index in [2.05, 4.69) is 30.1 Å². The molecular formula is C16H26N2O. The van der Waals surface area contributed by atoms with Gasteiger partial charge in [0.1, 0.15) is 11.5 Å². The molecule has 0 aliphatic heterocycles. The molecule has 106 valence electrons. The molecule has 0 spiro atoms. The van der Waals surface area contributed by atoms with Gasteiger partial charge in [0.25, 0.3) is 0 Å². The fourth-order valence-corrected chi connectivity index (χ4v) is 2.56. The van der Waals surface area contributed by atoms with Gasteiger partial charge in [-0.05, 0) is 56.7 Å². The van der Waals surface area contributed by atoms with Crippen LogP contribution in [0.15, 0.2) is 10.5 Å². The minimum atomic E-state index is 0.745. The zero-order valence-electron chi connectivity index (χ0n) is 12.2.